The van der Waals surface area contributed by atoms with E-state index in [2.05, 4.69) is 0 Å². The van der Waals surface area contributed by atoms with Gasteiger partial charge in [-0.2, -0.15) is 0 Å². The molecule has 1 aromatic carbocycles. The maximum Gasteiger partial charge on any atom is 0.338 e. The normalized spacial score (nSPS) is 11.1. The van der Waals surface area contributed by atoms with Crippen molar-refractivity contribution in [1.29, 1.82) is 0 Å². The second kappa shape index (κ2) is 5.99. The Morgan fingerprint density at radius 2 is 1.71 bits per heavy atom. The van der Waals surface area contributed by atoms with Gasteiger partial charge in [0.05, 0.1) is 12.7 Å². The third-order valence-electron chi connectivity index (χ3n) is 2.42. The van der Waals surface area contributed by atoms with E-state index in [0.717, 1.165) is 12.0 Å². The number of carbonyl (C=O) groups is 2. The predicted molar refractivity (Wildman–Crippen MR) is 66.7 cm³/mol. The highest BCUT2D eigenvalue weighted by Gasteiger charge is 2.11. The Morgan fingerprint density at radius 1 is 1.18 bits per heavy atom. The molecule has 90 valence electrons. The molecule has 0 fully saturated rings. The van der Waals surface area contributed by atoms with Gasteiger partial charge in [-0.1, -0.05) is 37.3 Å². The lowest BCUT2D eigenvalue weighted by Gasteiger charge is -2.06. The summed E-state index contributed by atoms with van der Waals surface area (Å²) in [5, 5.41) is 0. The number of carbonyl (C=O) groups excluding carboxylic acids is 2. The minimum Gasteiger partial charge on any atom is -0.465 e. The zero-order valence-corrected chi connectivity index (χ0v) is 10.3. The largest absolute Gasteiger partial charge is 0.465 e. The van der Waals surface area contributed by atoms with Gasteiger partial charge >= 0.3 is 5.97 Å². The molecule has 0 heterocycles. The second-order valence-corrected chi connectivity index (χ2v) is 3.65. The van der Waals surface area contributed by atoms with Crippen LogP contribution in [0.3, 0.4) is 0 Å². The second-order valence-electron chi connectivity index (χ2n) is 3.65. The Balaban J connectivity index is 3.08. The van der Waals surface area contributed by atoms with Crippen molar-refractivity contribution in [3.8, 4) is 0 Å². The van der Waals surface area contributed by atoms with Crippen LogP contribution in [-0.2, 0) is 9.53 Å². The van der Waals surface area contributed by atoms with Gasteiger partial charge < -0.3 is 4.74 Å². The van der Waals surface area contributed by atoms with E-state index < -0.39 is 0 Å². The standard InChI is InChI=1S/C14H16O3/c1-4-5-13(14(16)17-3)12-8-6-11(7-9-12)10(2)15/h5-9H,4H2,1-3H3/b13-5-. The van der Waals surface area contributed by atoms with Crippen LogP contribution in [0.1, 0.15) is 36.2 Å². The molecule has 3 heteroatoms. The number of hydrogen-bond donors (Lipinski definition) is 0. The van der Waals surface area contributed by atoms with Gasteiger partial charge in [-0.15, -0.1) is 0 Å². The van der Waals surface area contributed by atoms with Crippen molar-refractivity contribution in [1.82, 2.24) is 0 Å². The summed E-state index contributed by atoms with van der Waals surface area (Å²) in [7, 11) is 1.36. The summed E-state index contributed by atoms with van der Waals surface area (Å²) in [4.78, 5) is 22.7. The number of allylic oxidation sites excluding steroid dienone is 1. The number of esters is 1. The van der Waals surface area contributed by atoms with Crippen LogP contribution in [-0.4, -0.2) is 18.9 Å². The van der Waals surface area contributed by atoms with E-state index in [-0.39, 0.29) is 11.8 Å². The molecule has 0 aromatic heterocycles. The van der Waals surface area contributed by atoms with Gasteiger partial charge in [0.1, 0.15) is 0 Å². The van der Waals surface area contributed by atoms with Crippen LogP contribution < -0.4 is 0 Å². The number of hydrogen-bond acceptors (Lipinski definition) is 3. The van der Waals surface area contributed by atoms with Crippen LogP contribution in [0.5, 0.6) is 0 Å². The lowest BCUT2D eigenvalue weighted by atomic mass is 10.0. The molecule has 0 bridgehead atoms. The Kier molecular flexibility index (Phi) is 4.64. The summed E-state index contributed by atoms with van der Waals surface area (Å²) in [6.07, 6.45) is 2.56. The van der Waals surface area contributed by atoms with Crippen molar-refractivity contribution >= 4 is 17.3 Å². The average Bonchev–Trinajstić information content (AvgIpc) is 2.35. The SMILES string of the molecule is CC/C=C(\C(=O)OC)c1ccc(C(C)=O)cc1. The fourth-order valence-electron chi connectivity index (χ4n) is 1.52. The van der Waals surface area contributed by atoms with Crippen molar-refractivity contribution in [2.45, 2.75) is 20.3 Å². The molecule has 0 radical (unpaired) electrons. The first-order chi connectivity index (χ1) is 8.10. The quantitative estimate of drug-likeness (QED) is 0.455. The molecule has 0 aliphatic heterocycles. The maximum absolute atomic E-state index is 11.6. The Morgan fingerprint density at radius 3 is 2.12 bits per heavy atom. The molecule has 0 aliphatic carbocycles. The van der Waals surface area contributed by atoms with Gasteiger partial charge in [0, 0.05) is 5.56 Å². The Bertz CT molecular complexity index is 441. The summed E-state index contributed by atoms with van der Waals surface area (Å²) in [6.45, 7) is 3.46. The maximum atomic E-state index is 11.6. The number of ether oxygens (including phenoxy) is 1. The lowest BCUT2D eigenvalue weighted by Crippen LogP contribution is -2.04. The predicted octanol–water partition coefficient (Wildman–Crippen LogP) is 2.86. The number of ketones is 1. The smallest absolute Gasteiger partial charge is 0.338 e. The van der Waals surface area contributed by atoms with E-state index >= 15 is 0 Å². The van der Waals surface area contributed by atoms with E-state index in [1.165, 1.54) is 14.0 Å². The topological polar surface area (TPSA) is 43.4 Å². The first kappa shape index (κ1) is 13.2. The van der Waals surface area contributed by atoms with E-state index in [0.29, 0.717) is 11.1 Å². The van der Waals surface area contributed by atoms with Gasteiger partial charge in [-0.05, 0) is 18.9 Å². The van der Waals surface area contributed by atoms with Crippen LogP contribution in [0, 0.1) is 0 Å². The summed E-state index contributed by atoms with van der Waals surface area (Å²) >= 11 is 0. The first-order valence-electron chi connectivity index (χ1n) is 5.50. The molecule has 0 saturated carbocycles. The van der Waals surface area contributed by atoms with Crippen LogP contribution in [0.4, 0.5) is 0 Å². The van der Waals surface area contributed by atoms with Gasteiger partial charge in [0.25, 0.3) is 0 Å². The lowest BCUT2D eigenvalue weighted by molar-refractivity contribution is -0.133. The zero-order chi connectivity index (χ0) is 12.8. The number of benzene rings is 1. The van der Waals surface area contributed by atoms with Crippen molar-refractivity contribution in [3.63, 3.8) is 0 Å². The van der Waals surface area contributed by atoms with E-state index in [1.54, 1.807) is 24.3 Å². The monoisotopic (exact) mass is 232 g/mol. The number of Topliss-reactive ketones (excluding diaryl/α,β-unsaturated/α-hetero) is 1. The molecule has 17 heavy (non-hydrogen) atoms. The van der Waals surface area contributed by atoms with Gasteiger partial charge in [0.2, 0.25) is 0 Å². The minimum absolute atomic E-state index is 0.00985. The Labute approximate surface area is 101 Å². The molecule has 1 rings (SSSR count). The highest BCUT2D eigenvalue weighted by molar-refractivity contribution is 6.16. The molecule has 0 atom stereocenters. The van der Waals surface area contributed by atoms with Crippen LogP contribution in [0.15, 0.2) is 30.3 Å². The van der Waals surface area contributed by atoms with E-state index in [4.69, 9.17) is 4.74 Å². The summed E-state index contributed by atoms with van der Waals surface area (Å²) in [5.41, 5.74) is 1.93. The van der Waals surface area contributed by atoms with Crippen molar-refractivity contribution in [2.24, 2.45) is 0 Å². The molecule has 0 saturated heterocycles. The summed E-state index contributed by atoms with van der Waals surface area (Å²) in [5.74, 6) is -0.349. The third kappa shape index (κ3) is 3.28. The third-order valence-corrected chi connectivity index (χ3v) is 2.42. The van der Waals surface area contributed by atoms with E-state index in [9.17, 15) is 9.59 Å². The van der Waals surface area contributed by atoms with Crippen LogP contribution in [0.2, 0.25) is 0 Å². The molecule has 3 nitrogen and oxygen atoms in total. The number of methoxy groups -OCH3 is 1. The number of rotatable bonds is 4. The summed E-state index contributed by atoms with van der Waals surface area (Å²) < 4.78 is 4.72. The molecule has 0 N–H and O–H groups in total. The highest BCUT2D eigenvalue weighted by atomic mass is 16.5. The molecular weight excluding hydrogens is 216 g/mol. The highest BCUT2D eigenvalue weighted by Crippen LogP contribution is 2.17. The van der Waals surface area contributed by atoms with Crippen molar-refractivity contribution < 1.29 is 14.3 Å². The van der Waals surface area contributed by atoms with E-state index in [1.807, 2.05) is 13.0 Å². The van der Waals surface area contributed by atoms with Crippen molar-refractivity contribution in [3.05, 3.63) is 41.5 Å². The van der Waals surface area contributed by atoms with Gasteiger partial charge in [-0.25, -0.2) is 4.79 Å². The van der Waals surface area contributed by atoms with Gasteiger partial charge in [0.15, 0.2) is 5.78 Å². The molecule has 1 aromatic rings. The minimum atomic E-state index is -0.359. The van der Waals surface area contributed by atoms with Crippen LogP contribution >= 0.6 is 0 Å². The fraction of sp³-hybridized carbons (Fsp3) is 0.286. The zero-order valence-electron chi connectivity index (χ0n) is 10.3. The summed E-state index contributed by atoms with van der Waals surface area (Å²) in [6, 6.07) is 6.94. The van der Waals surface area contributed by atoms with Gasteiger partial charge in [-0.3, -0.25) is 4.79 Å². The first-order valence-corrected chi connectivity index (χ1v) is 5.50. The average molecular weight is 232 g/mol. The molecular formula is C14H16O3. The molecule has 0 amide bonds. The van der Waals surface area contributed by atoms with Crippen molar-refractivity contribution in [2.75, 3.05) is 7.11 Å². The molecule has 0 aliphatic rings. The fourth-order valence-corrected chi connectivity index (χ4v) is 1.52. The molecule has 0 unspecified atom stereocenters. The Hall–Kier alpha value is -1.90. The molecule has 0 spiro atoms. The van der Waals surface area contributed by atoms with Crippen LogP contribution in [0.25, 0.3) is 5.57 Å².